The van der Waals surface area contributed by atoms with Gasteiger partial charge in [0.25, 0.3) is 0 Å². The van der Waals surface area contributed by atoms with Gasteiger partial charge in [0.05, 0.1) is 0 Å². The van der Waals surface area contributed by atoms with Crippen LogP contribution in [-0.4, -0.2) is 12.6 Å². The fourth-order valence-electron chi connectivity index (χ4n) is 2.39. The number of benzene rings is 1. The zero-order valence-electron chi connectivity index (χ0n) is 9.65. The molecule has 2 unspecified atom stereocenters. The molecule has 1 aliphatic rings. The smallest absolute Gasteiger partial charge is 0.185 e. The predicted octanol–water partition coefficient (Wildman–Crippen LogP) is 2.78. The summed E-state index contributed by atoms with van der Waals surface area (Å²) in [5.74, 6) is -5.53. The SMILES string of the molecule is NCC1CCCC1Nc1c(F)c(F)cc(F)c1F. The van der Waals surface area contributed by atoms with Crippen LogP contribution in [0.1, 0.15) is 19.3 Å². The minimum Gasteiger partial charge on any atom is -0.377 e. The van der Waals surface area contributed by atoms with Crippen molar-refractivity contribution >= 4 is 5.69 Å². The van der Waals surface area contributed by atoms with Gasteiger partial charge in [0.15, 0.2) is 23.3 Å². The maximum Gasteiger partial charge on any atom is 0.185 e. The normalized spacial score (nSPS) is 23.4. The molecule has 0 spiro atoms. The van der Waals surface area contributed by atoms with Crippen LogP contribution in [0.2, 0.25) is 0 Å². The number of nitrogens with two attached hydrogens (primary N) is 1. The molecule has 0 aromatic heterocycles. The number of halogens is 4. The standard InChI is InChI=1S/C12H14F4N2/c13-7-4-8(14)11(16)12(10(7)15)18-9-3-1-2-6(9)5-17/h4,6,9,18H,1-3,5,17H2. The lowest BCUT2D eigenvalue weighted by Crippen LogP contribution is -2.30. The lowest BCUT2D eigenvalue weighted by Gasteiger charge is -2.21. The van der Waals surface area contributed by atoms with Crippen molar-refractivity contribution in [2.75, 3.05) is 11.9 Å². The van der Waals surface area contributed by atoms with E-state index in [0.717, 1.165) is 12.8 Å². The van der Waals surface area contributed by atoms with E-state index in [1.807, 2.05) is 0 Å². The van der Waals surface area contributed by atoms with E-state index in [1.165, 1.54) is 0 Å². The summed E-state index contributed by atoms with van der Waals surface area (Å²) in [6, 6.07) is -0.0505. The second-order valence-corrected chi connectivity index (χ2v) is 4.52. The Morgan fingerprint density at radius 1 is 1.11 bits per heavy atom. The van der Waals surface area contributed by atoms with Gasteiger partial charge in [-0.25, -0.2) is 17.6 Å². The summed E-state index contributed by atoms with van der Waals surface area (Å²) in [5, 5.41) is 2.55. The van der Waals surface area contributed by atoms with Crippen molar-refractivity contribution in [3.8, 4) is 0 Å². The van der Waals surface area contributed by atoms with E-state index in [4.69, 9.17) is 5.73 Å². The highest BCUT2D eigenvalue weighted by Crippen LogP contribution is 2.31. The van der Waals surface area contributed by atoms with Crippen LogP contribution in [0.15, 0.2) is 6.07 Å². The van der Waals surface area contributed by atoms with Crippen molar-refractivity contribution < 1.29 is 17.6 Å². The third-order valence-electron chi connectivity index (χ3n) is 3.40. The predicted molar refractivity (Wildman–Crippen MR) is 60.1 cm³/mol. The number of nitrogens with one attached hydrogen (secondary N) is 1. The Kier molecular flexibility index (Phi) is 3.75. The largest absolute Gasteiger partial charge is 0.377 e. The number of hydrogen-bond donors (Lipinski definition) is 2. The van der Waals surface area contributed by atoms with Gasteiger partial charge >= 0.3 is 0 Å². The third kappa shape index (κ3) is 2.29. The molecule has 1 aliphatic carbocycles. The van der Waals surface area contributed by atoms with Crippen LogP contribution in [0.25, 0.3) is 0 Å². The molecule has 1 aromatic rings. The summed E-state index contributed by atoms with van der Waals surface area (Å²) in [7, 11) is 0. The molecular formula is C12H14F4N2. The van der Waals surface area contributed by atoms with Crippen LogP contribution in [0.3, 0.4) is 0 Å². The van der Waals surface area contributed by atoms with E-state index in [9.17, 15) is 17.6 Å². The van der Waals surface area contributed by atoms with E-state index >= 15 is 0 Å². The number of anilines is 1. The van der Waals surface area contributed by atoms with Gasteiger partial charge in [0.1, 0.15) is 5.69 Å². The number of hydrogen-bond acceptors (Lipinski definition) is 2. The third-order valence-corrected chi connectivity index (χ3v) is 3.40. The van der Waals surface area contributed by atoms with Gasteiger partial charge in [0, 0.05) is 12.1 Å². The molecule has 0 saturated heterocycles. The quantitative estimate of drug-likeness (QED) is 0.649. The summed E-state index contributed by atoms with van der Waals surface area (Å²) in [4.78, 5) is 0. The molecule has 1 saturated carbocycles. The summed E-state index contributed by atoms with van der Waals surface area (Å²) in [6.07, 6.45) is 2.40. The van der Waals surface area contributed by atoms with Crippen molar-refractivity contribution in [2.24, 2.45) is 11.7 Å². The van der Waals surface area contributed by atoms with Crippen molar-refractivity contribution in [1.82, 2.24) is 0 Å². The van der Waals surface area contributed by atoms with E-state index in [-0.39, 0.29) is 18.0 Å². The summed E-state index contributed by atoms with van der Waals surface area (Å²) in [6.45, 7) is 0.374. The highest BCUT2D eigenvalue weighted by Gasteiger charge is 2.29. The molecule has 6 heteroatoms. The average Bonchev–Trinajstić information content (AvgIpc) is 2.79. The zero-order chi connectivity index (χ0) is 13.3. The van der Waals surface area contributed by atoms with E-state index in [0.29, 0.717) is 13.0 Å². The van der Waals surface area contributed by atoms with Gasteiger partial charge in [-0.05, 0) is 25.3 Å². The number of rotatable bonds is 3. The second-order valence-electron chi connectivity index (χ2n) is 4.52. The van der Waals surface area contributed by atoms with Crippen LogP contribution >= 0.6 is 0 Å². The van der Waals surface area contributed by atoms with Gasteiger partial charge in [-0.2, -0.15) is 0 Å². The first-order chi connectivity index (χ1) is 8.54. The molecule has 3 N–H and O–H groups in total. The van der Waals surface area contributed by atoms with E-state index in [2.05, 4.69) is 5.32 Å². The summed E-state index contributed by atoms with van der Waals surface area (Å²) >= 11 is 0. The van der Waals surface area contributed by atoms with Crippen LogP contribution in [0.5, 0.6) is 0 Å². The van der Waals surface area contributed by atoms with Crippen LogP contribution in [-0.2, 0) is 0 Å². The van der Waals surface area contributed by atoms with Gasteiger partial charge in [-0.1, -0.05) is 6.42 Å². The van der Waals surface area contributed by atoms with Gasteiger partial charge in [-0.15, -0.1) is 0 Å². The molecule has 1 fully saturated rings. The Bertz CT molecular complexity index is 424. The van der Waals surface area contributed by atoms with Crippen LogP contribution in [0, 0.1) is 29.2 Å². The minimum absolute atomic E-state index is 0.0649. The van der Waals surface area contributed by atoms with Crippen molar-refractivity contribution in [3.05, 3.63) is 29.3 Å². The Morgan fingerprint density at radius 3 is 2.28 bits per heavy atom. The molecule has 0 amide bonds. The molecule has 0 heterocycles. The lowest BCUT2D eigenvalue weighted by atomic mass is 10.0. The van der Waals surface area contributed by atoms with Crippen molar-refractivity contribution in [2.45, 2.75) is 25.3 Å². The first kappa shape index (κ1) is 13.1. The highest BCUT2D eigenvalue weighted by molar-refractivity contribution is 5.48. The first-order valence-electron chi connectivity index (χ1n) is 5.84. The Morgan fingerprint density at radius 2 is 1.72 bits per heavy atom. The van der Waals surface area contributed by atoms with E-state index in [1.54, 1.807) is 0 Å². The Hall–Kier alpha value is -1.30. The fourth-order valence-corrected chi connectivity index (χ4v) is 2.39. The molecule has 0 aliphatic heterocycles. The molecule has 0 radical (unpaired) electrons. The minimum atomic E-state index is -1.40. The molecular weight excluding hydrogens is 248 g/mol. The topological polar surface area (TPSA) is 38.0 Å². The second kappa shape index (κ2) is 5.14. The molecule has 1 aromatic carbocycles. The summed E-state index contributed by atoms with van der Waals surface area (Å²) in [5.41, 5.74) is 4.80. The van der Waals surface area contributed by atoms with Gasteiger partial charge < -0.3 is 11.1 Å². The molecule has 100 valence electrons. The molecule has 2 atom stereocenters. The average molecular weight is 262 g/mol. The van der Waals surface area contributed by atoms with Gasteiger partial charge in [-0.3, -0.25) is 0 Å². The summed E-state index contributed by atoms with van der Waals surface area (Å²) < 4.78 is 53.0. The van der Waals surface area contributed by atoms with Crippen molar-refractivity contribution in [3.63, 3.8) is 0 Å². The maximum absolute atomic E-state index is 13.5. The monoisotopic (exact) mass is 262 g/mol. The zero-order valence-corrected chi connectivity index (χ0v) is 9.65. The van der Waals surface area contributed by atoms with Crippen LogP contribution in [0.4, 0.5) is 23.2 Å². The molecule has 18 heavy (non-hydrogen) atoms. The Balaban J connectivity index is 2.28. The van der Waals surface area contributed by atoms with E-state index < -0.39 is 29.0 Å². The van der Waals surface area contributed by atoms with Crippen LogP contribution < -0.4 is 11.1 Å². The highest BCUT2D eigenvalue weighted by atomic mass is 19.2. The van der Waals surface area contributed by atoms with Gasteiger partial charge in [0.2, 0.25) is 0 Å². The first-order valence-corrected chi connectivity index (χ1v) is 5.84. The van der Waals surface area contributed by atoms with Crippen molar-refractivity contribution in [1.29, 1.82) is 0 Å². The Labute approximate surface area is 102 Å². The maximum atomic E-state index is 13.5. The lowest BCUT2D eigenvalue weighted by molar-refractivity contribution is 0.450. The molecule has 2 nitrogen and oxygen atoms in total. The fraction of sp³-hybridized carbons (Fsp3) is 0.500. The molecule has 0 bridgehead atoms. The molecule has 2 rings (SSSR count).